The van der Waals surface area contributed by atoms with E-state index in [0.29, 0.717) is 6.61 Å². The first-order valence-corrected chi connectivity index (χ1v) is 5.80. The first kappa shape index (κ1) is 11.0. The molecule has 15 heavy (non-hydrogen) atoms. The maximum atomic E-state index is 13.1. The molecule has 1 aliphatic rings. The van der Waals surface area contributed by atoms with Crippen LogP contribution < -0.4 is 5.73 Å². The number of benzene rings is 1. The van der Waals surface area contributed by atoms with Gasteiger partial charge in [-0.1, -0.05) is 15.9 Å². The summed E-state index contributed by atoms with van der Waals surface area (Å²) in [6.07, 6.45) is 1.71. The zero-order valence-electron chi connectivity index (χ0n) is 8.25. The number of rotatable bonds is 1. The second-order valence-electron chi connectivity index (χ2n) is 3.76. The standard InChI is InChI=1S/C11H13BrFNO/c12-9-4-3-7(13)6-8(9)11-10(14)2-1-5-15-11/h3-4,6,10-11H,1-2,5,14H2. The van der Waals surface area contributed by atoms with Crippen LogP contribution >= 0.6 is 15.9 Å². The molecule has 1 aromatic rings. The summed E-state index contributed by atoms with van der Waals surface area (Å²) >= 11 is 3.39. The van der Waals surface area contributed by atoms with Crippen molar-refractivity contribution in [3.8, 4) is 0 Å². The molecule has 0 saturated carbocycles. The van der Waals surface area contributed by atoms with Gasteiger partial charge in [-0.25, -0.2) is 4.39 Å². The molecule has 2 atom stereocenters. The van der Waals surface area contributed by atoms with E-state index in [4.69, 9.17) is 10.5 Å². The van der Waals surface area contributed by atoms with Crippen molar-refractivity contribution in [2.45, 2.75) is 25.0 Å². The Kier molecular flexibility index (Phi) is 3.38. The van der Waals surface area contributed by atoms with E-state index in [2.05, 4.69) is 15.9 Å². The minimum atomic E-state index is -0.255. The molecular formula is C11H13BrFNO. The minimum absolute atomic E-state index is 0.0446. The van der Waals surface area contributed by atoms with Crippen molar-refractivity contribution in [3.05, 3.63) is 34.1 Å². The van der Waals surface area contributed by atoms with Crippen LogP contribution in [0, 0.1) is 5.82 Å². The molecule has 1 heterocycles. The van der Waals surface area contributed by atoms with Crippen molar-refractivity contribution in [2.24, 2.45) is 5.73 Å². The molecule has 0 aliphatic carbocycles. The van der Waals surface area contributed by atoms with E-state index in [1.165, 1.54) is 12.1 Å². The van der Waals surface area contributed by atoms with Gasteiger partial charge >= 0.3 is 0 Å². The number of nitrogens with two attached hydrogens (primary N) is 1. The Morgan fingerprint density at radius 2 is 2.27 bits per heavy atom. The Labute approximate surface area is 96.7 Å². The van der Waals surface area contributed by atoms with Gasteiger partial charge < -0.3 is 10.5 Å². The summed E-state index contributed by atoms with van der Waals surface area (Å²) in [5, 5.41) is 0. The van der Waals surface area contributed by atoms with Crippen molar-refractivity contribution in [1.29, 1.82) is 0 Å². The summed E-state index contributed by atoms with van der Waals surface area (Å²) < 4.78 is 19.6. The first-order chi connectivity index (χ1) is 7.18. The molecule has 0 aromatic heterocycles. The molecule has 1 saturated heterocycles. The van der Waals surface area contributed by atoms with E-state index >= 15 is 0 Å². The summed E-state index contributed by atoms with van der Waals surface area (Å²) in [6, 6.07) is 4.55. The highest BCUT2D eigenvalue weighted by molar-refractivity contribution is 9.10. The highest BCUT2D eigenvalue weighted by Gasteiger charge is 2.26. The van der Waals surface area contributed by atoms with Crippen molar-refractivity contribution < 1.29 is 9.13 Å². The van der Waals surface area contributed by atoms with Crippen LogP contribution in [-0.4, -0.2) is 12.6 Å². The fourth-order valence-electron chi connectivity index (χ4n) is 1.86. The third kappa shape index (κ3) is 2.38. The maximum Gasteiger partial charge on any atom is 0.123 e. The smallest absolute Gasteiger partial charge is 0.123 e. The van der Waals surface area contributed by atoms with Gasteiger partial charge in [0.2, 0.25) is 0 Å². The van der Waals surface area contributed by atoms with E-state index in [-0.39, 0.29) is 18.0 Å². The van der Waals surface area contributed by atoms with E-state index in [0.717, 1.165) is 22.9 Å². The molecule has 2 N–H and O–H groups in total. The number of ether oxygens (including phenoxy) is 1. The Morgan fingerprint density at radius 3 is 3.00 bits per heavy atom. The summed E-state index contributed by atoms with van der Waals surface area (Å²) in [4.78, 5) is 0. The second kappa shape index (κ2) is 4.60. The minimum Gasteiger partial charge on any atom is -0.372 e. The van der Waals surface area contributed by atoms with Crippen molar-refractivity contribution in [2.75, 3.05) is 6.61 Å². The summed E-state index contributed by atoms with van der Waals surface area (Å²) in [5.74, 6) is -0.255. The molecule has 1 aliphatic heterocycles. The molecule has 0 bridgehead atoms. The fraction of sp³-hybridized carbons (Fsp3) is 0.455. The normalized spacial score (nSPS) is 26.6. The SMILES string of the molecule is NC1CCCOC1c1cc(F)ccc1Br. The monoisotopic (exact) mass is 273 g/mol. The van der Waals surface area contributed by atoms with Crippen LogP contribution in [0.2, 0.25) is 0 Å². The van der Waals surface area contributed by atoms with E-state index in [1.54, 1.807) is 6.07 Å². The summed E-state index contributed by atoms with van der Waals surface area (Å²) in [6.45, 7) is 0.696. The lowest BCUT2D eigenvalue weighted by Gasteiger charge is -2.29. The second-order valence-corrected chi connectivity index (χ2v) is 4.62. The van der Waals surface area contributed by atoms with Crippen LogP contribution in [-0.2, 0) is 4.74 Å². The van der Waals surface area contributed by atoms with E-state index in [1.807, 2.05) is 0 Å². The average Bonchev–Trinajstić information content (AvgIpc) is 2.23. The fourth-order valence-corrected chi connectivity index (χ4v) is 2.33. The lowest BCUT2D eigenvalue weighted by molar-refractivity contribution is -0.000440. The molecule has 0 amide bonds. The first-order valence-electron chi connectivity index (χ1n) is 5.00. The van der Waals surface area contributed by atoms with Crippen LogP contribution in [0.4, 0.5) is 4.39 Å². The van der Waals surface area contributed by atoms with Gasteiger partial charge in [-0.15, -0.1) is 0 Å². The average molecular weight is 274 g/mol. The lowest BCUT2D eigenvalue weighted by atomic mass is 9.97. The van der Waals surface area contributed by atoms with Crippen LogP contribution in [0.1, 0.15) is 24.5 Å². The lowest BCUT2D eigenvalue weighted by Crippen LogP contribution is -2.34. The summed E-state index contributed by atoms with van der Waals surface area (Å²) in [5.41, 5.74) is 6.77. The molecule has 2 rings (SSSR count). The van der Waals surface area contributed by atoms with E-state index in [9.17, 15) is 4.39 Å². The van der Waals surface area contributed by atoms with Crippen LogP contribution in [0.25, 0.3) is 0 Å². The largest absolute Gasteiger partial charge is 0.372 e. The Morgan fingerprint density at radius 1 is 1.47 bits per heavy atom. The molecule has 2 nitrogen and oxygen atoms in total. The third-order valence-electron chi connectivity index (χ3n) is 2.63. The number of hydrogen-bond acceptors (Lipinski definition) is 2. The molecule has 0 radical (unpaired) electrons. The Bertz CT molecular complexity index is 358. The molecule has 0 spiro atoms. The van der Waals surface area contributed by atoms with Gasteiger partial charge in [0.15, 0.2) is 0 Å². The van der Waals surface area contributed by atoms with Gasteiger partial charge in [0.05, 0.1) is 6.10 Å². The highest BCUT2D eigenvalue weighted by atomic mass is 79.9. The predicted molar refractivity (Wildman–Crippen MR) is 60.0 cm³/mol. The molecule has 1 aromatic carbocycles. The summed E-state index contributed by atoms with van der Waals surface area (Å²) in [7, 11) is 0. The Balaban J connectivity index is 2.30. The van der Waals surface area contributed by atoms with Crippen LogP contribution in [0.5, 0.6) is 0 Å². The van der Waals surface area contributed by atoms with Crippen molar-refractivity contribution >= 4 is 15.9 Å². The Hall–Kier alpha value is -0.450. The van der Waals surface area contributed by atoms with Gasteiger partial charge in [-0.3, -0.25) is 0 Å². The van der Waals surface area contributed by atoms with Gasteiger partial charge in [-0.05, 0) is 36.6 Å². The molecule has 4 heteroatoms. The van der Waals surface area contributed by atoms with Gasteiger partial charge in [0, 0.05) is 17.1 Å². The van der Waals surface area contributed by atoms with Crippen LogP contribution in [0.3, 0.4) is 0 Å². The molecule has 82 valence electrons. The molecular weight excluding hydrogens is 261 g/mol. The topological polar surface area (TPSA) is 35.2 Å². The van der Waals surface area contributed by atoms with Gasteiger partial charge in [0.25, 0.3) is 0 Å². The van der Waals surface area contributed by atoms with Crippen LogP contribution in [0.15, 0.2) is 22.7 Å². The highest BCUT2D eigenvalue weighted by Crippen LogP contribution is 2.32. The zero-order valence-corrected chi connectivity index (χ0v) is 9.84. The van der Waals surface area contributed by atoms with Gasteiger partial charge in [0.1, 0.15) is 5.82 Å². The van der Waals surface area contributed by atoms with Crippen molar-refractivity contribution in [3.63, 3.8) is 0 Å². The van der Waals surface area contributed by atoms with Crippen molar-refractivity contribution in [1.82, 2.24) is 0 Å². The maximum absolute atomic E-state index is 13.1. The third-order valence-corrected chi connectivity index (χ3v) is 3.35. The van der Waals surface area contributed by atoms with E-state index < -0.39 is 0 Å². The number of hydrogen-bond donors (Lipinski definition) is 1. The predicted octanol–water partition coefficient (Wildman–Crippen LogP) is 2.77. The molecule has 2 unspecified atom stereocenters. The molecule has 1 fully saturated rings. The quantitative estimate of drug-likeness (QED) is 0.854. The zero-order chi connectivity index (χ0) is 10.8. The number of halogens is 2. The van der Waals surface area contributed by atoms with Gasteiger partial charge in [-0.2, -0.15) is 0 Å².